The van der Waals surface area contributed by atoms with Gasteiger partial charge in [0.2, 0.25) is 11.8 Å². The van der Waals surface area contributed by atoms with Crippen LogP contribution in [0.4, 0.5) is 6.01 Å². The van der Waals surface area contributed by atoms with Crippen molar-refractivity contribution in [2.75, 3.05) is 18.0 Å². The van der Waals surface area contributed by atoms with E-state index in [1.165, 1.54) is 12.8 Å². The largest absolute Gasteiger partial charge is 0.406 e. The van der Waals surface area contributed by atoms with Crippen LogP contribution in [0.1, 0.15) is 48.1 Å². The predicted octanol–water partition coefficient (Wildman–Crippen LogP) is 4.15. The normalized spacial score (nSPS) is 15.7. The number of anilines is 1. The Hall–Kier alpha value is -2.67. The lowest BCUT2D eigenvalue weighted by Gasteiger charge is -2.18. The summed E-state index contributed by atoms with van der Waals surface area (Å²) in [4.78, 5) is 15.8. The molecule has 1 aliphatic heterocycles. The lowest BCUT2D eigenvalue weighted by molar-refractivity contribution is -0.121. The predicted molar refractivity (Wildman–Crippen MR) is 114 cm³/mol. The molecule has 0 bridgehead atoms. The van der Waals surface area contributed by atoms with Crippen molar-refractivity contribution < 1.29 is 9.21 Å². The number of hydrogen-bond acceptors (Lipinski definition) is 6. The number of nitrogens with one attached hydrogen (secondary N) is 1. The zero-order chi connectivity index (χ0) is 19.9. The summed E-state index contributed by atoms with van der Waals surface area (Å²) in [5.74, 6) is 0.426. The van der Waals surface area contributed by atoms with Crippen molar-refractivity contribution in [1.29, 1.82) is 0 Å². The number of carbonyl (C=O) groups is 1. The molecule has 7 heteroatoms. The third-order valence-electron chi connectivity index (χ3n) is 5.14. The molecule has 3 aromatic rings. The summed E-state index contributed by atoms with van der Waals surface area (Å²) in [6.45, 7) is 1.88. The summed E-state index contributed by atoms with van der Waals surface area (Å²) in [5.41, 5.74) is 1.11. The summed E-state index contributed by atoms with van der Waals surface area (Å²) in [6.07, 6.45) is 5.74. The Balaban J connectivity index is 1.50. The molecule has 0 saturated carbocycles. The van der Waals surface area contributed by atoms with E-state index < -0.39 is 0 Å². The van der Waals surface area contributed by atoms with Gasteiger partial charge in [-0.1, -0.05) is 54.3 Å². The summed E-state index contributed by atoms with van der Waals surface area (Å²) >= 11 is 1.58. The molecule has 1 unspecified atom stereocenters. The molecule has 152 valence electrons. The summed E-state index contributed by atoms with van der Waals surface area (Å²) in [5, 5.41) is 13.7. The maximum atomic E-state index is 12.6. The Morgan fingerprint density at radius 3 is 2.59 bits per heavy atom. The van der Waals surface area contributed by atoms with Crippen LogP contribution in [0.2, 0.25) is 0 Å². The fourth-order valence-electron chi connectivity index (χ4n) is 3.62. The number of rotatable bonds is 7. The van der Waals surface area contributed by atoms with Crippen molar-refractivity contribution in [1.82, 2.24) is 15.5 Å². The zero-order valence-corrected chi connectivity index (χ0v) is 17.2. The highest BCUT2D eigenvalue weighted by Gasteiger charge is 2.24. The molecule has 0 radical (unpaired) electrons. The Bertz CT molecular complexity index is 887. The van der Waals surface area contributed by atoms with E-state index in [-0.39, 0.29) is 11.9 Å². The minimum Gasteiger partial charge on any atom is -0.406 e. The van der Waals surface area contributed by atoms with Crippen LogP contribution < -0.4 is 10.2 Å². The van der Waals surface area contributed by atoms with Crippen LogP contribution >= 0.6 is 11.3 Å². The van der Waals surface area contributed by atoms with Gasteiger partial charge in [0.25, 0.3) is 0 Å². The molecule has 1 aliphatic rings. The Labute approximate surface area is 175 Å². The molecule has 1 amide bonds. The first-order valence-corrected chi connectivity index (χ1v) is 11.1. The number of amides is 1. The van der Waals surface area contributed by atoms with Crippen LogP contribution in [0.5, 0.6) is 0 Å². The molecular formula is C22H26N4O2S. The third-order valence-corrected chi connectivity index (χ3v) is 6.01. The second kappa shape index (κ2) is 9.69. The number of carbonyl (C=O) groups excluding carboxylic acids is 1. The molecule has 2 aromatic heterocycles. The fraction of sp³-hybridized carbons (Fsp3) is 0.409. The first-order chi connectivity index (χ1) is 14.3. The third kappa shape index (κ3) is 5.44. The minimum absolute atomic E-state index is 0.0390. The van der Waals surface area contributed by atoms with Gasteiger partial charge in [-0.15, -0.1) is 16.4 Å². The van der Waals surface area contributed by atoms with Gasteiger partial charge in [-0.3, -0.25) is 4.79 Å². The molecule has 1 N–H and O–H groups in total. The minimum atomic E-state index is -0.349. The lowest BCUT2D eigenvalue weighted by Crippen LogP contribution is -2.31. The Kier molecular flexibility index (Phi) is 6.56. The molecular weight excluding hydrogens is 384 g/mol. The van der Waals surface area contributed by atoms with Gasteiger partial charge in [0.05, 0.1) is 6.42 Å². The number of benzene rings is 1. The van der Waals surface area contributed by atoms with Crippen LogP contribution in [0.25, 0.3) is 0 Å². The molecule has 0 spiro atoms. The van der Waals surface area contributed by atoms with Crippen molar-refractivity contribution in [2.45, 2.75) is 44.6 Å². The standard InChI is InChI=1S/C22H26N4O2S/c27-20(16-18-11-8-14-29-18)23-19(15-17-9-4-3-5-10-17)21-24-25-22(28-21)26-12-6-1-2-7-13-26/h3-5,8-11,14,19H,1-2,6-7,12-13,15-16H2,(H,23,27). The highest BCUT2D eigenvalue weighted by atomic mass is 32.1. The molecule has 4 rings (SSSR count). The topological polar surface area (TPSA) is 71.3 Å². The second-order valence-corrected chi connectivity index (χ2v) is 8.42. The van der Waals surface area contributed by atoms with Crippen molar-refractivity contribution in [3.8, 4) is 0 Å². The SMILES string of the molecule is O=C(Cc1cccs1)NC(Cc1ccccc1)c1nnc(N2CCCCCC2)o1. The van der Waals surface area contributed by atoms with Crippen molar-refractivity contribution in [2.24, 2.45) is 0 Å². The van der Waals surface area contributed by atoms with Gasteiger partial charge >= 0.3 is 6.01 Å². The van der Waals surface area contributed by atoms with Crippen LogP contribution in [-0.4, -0.2) is 29.2 Å². The maximum absolute atomic E-state index is 12.6. The fourth-order valence-corrected chi connectivity index (χ4v) is 4.33. The van der Waals surface area contributed by atoms with E-state index in [0.29, 0.717) is 24.7 Å². The molecule has 1 saturated heterocycles. The van der Waals surface area contributed by atoms with E-state index >= 15 is 0 Å². The number of aromatic nitrogens is 2. The van der Waals surface area contributed by atoms with E-state index in [4.69, 9.17) is 4.42 Å². The molecule has 6 nitrogen and oxygen atoms in total. The van der Waals surface area contributed by atoms with Gasteiger partial charge in [-0.25, -0.2) is 0 Å². The van der Waals surface area contributed by atoms with Crippen molar-refractivity contribution in [3.05, 3.63) is 64.2 Å². The first-order valence-electron chi connectivity index (χ1n) is 10.2. The van der Waals surface area contributed by atoms with E-state index in [0.717, 1.165) is 36.4 Å². The van der Waals surface area contributed by atoms with E-state index in [9.17, 15) is 4.79 Å². The number of thiophene rings is 1. The summed E-state index contributed by atoms with van der Waals surface area (Å²) < 4.78 is 6.04. The highest BCUT2D eigenvalue weighted by molar-refractivity contribution is 7.10. The van der Waals surface area contributed by atoms with Gasteiger partial charge < -0.3 is 14.6 Å². The average Bonchev–Trinajstić information content (AvgIpc) is 3.35. The maximum Gasteiger partial charge on any atom is 0.318 e. The Morgan fingerprint density at radius 2 is 1.86 bits per heavy atom. The van der Waals surface area contributed by atoms with Gasteiger partial charge in [0.1, 0.15) is 6.04 Å². The van der Waals surface area contributed by atoms with Gasteiger partial charge in [0, 0.05) is 24.4 Å². The van der Waals surface area contributed by atoms with Gasteiger partial charge in [-0.05, 0) is 29.9 Å². The quantitative estimate of drug-likeness (QED) is 0.633. The molecule has 3 heterocycles. The first kappa shape index (κ1) is 19.6. The van der Waals surface area contributed by atoms with Gasteiger partial charge in [-0.2, -0.15) is 0 Å². The van der Waals surface area contributed by atoms with E-state index in [2.05, 4.69) is 20.4 Å². The van der Waals surface area contributed by atoms with Crippen LogP contribution in [0.15, 0.2) is 52.3 Å². The molecule has 1 atom stereocenters. The van der Waals surface area contributed by atoms with E-state index in [1.54, 1.807) is 11.3 Å². The van der Waals surface area contributed by atoms with Crippen molar-refractivity contribution in [3.63, 3.8) is 0 Å². The number of nitrogens with zero attached hydrogens (tertiary/aromatic N) is 3. The Morgan fingerprint density at radius 1 is 1.07 bits per heavy atom. The van der Waals surface area contributed by atoms with E-state index in [1.807, 2.05) is 47.8 Å². The molecule has 29 heavy (non-hydrogen) atoms. The molecule has 0 aliphatic carbocycles. The van der Waals surface area contributed by atoms with Crippen molar-refractivity contribution >= 4 is 23.3 Å². The highest BCUT2D eigenvalue weighted by Crippen LogP contribution is 2.23. The molecule has 1 fully saturated rings. The van der Waals surface area contributed by atoms with Gasteiger partial charge in [0.15, 0.2) is 0 Å². The summed E-state index contributed by atoms with van der Waals surface area (Å²) in [6, 6.07) is 14.2. The molecule has 1 aromatic carbocycles. The average molecular weight is 411 g/mol. The van der Waals surface area contributed by atoms with Crippen LogP contribution in [0.3, 0.4) is 0 Å². The van der Waals surface area contributed by atoms with Crippen LogP contribution in [0, 0.1) is 0 Å². The monoisotopic (exact) mass is 410 g/mol. The lowest BCUT2D eigenvalue weighted by atomic mass is 10.1. The second-order valence-electron chi connectivity index (χ2n) is 7.39. The summed E-state index contributed by atoms with van der Waals surface area (Å²) in [7, 11) is 0. The zero-order valence-electron chi connectivity index (χ0n) is 16.4. The van der Waals surface area contributed by atoms with Crippen LogP contribution in [-0.2, 0) is 17.6 Å². The number of hydrogen-bond donors (Lipinski definition) is 1. The smallest absolute Gasteiger partial charge is 0.318 e.